The molecule has 0 bridgehead atoms. The van der Waals surface area contributed by atoms with Gasteiger partial charge in [-0.25, -0.2) is 0 Å². The van der Waals surface area contributed by atoms with Gasteiger partial charge in [0.15, 0.2) is 0 Å². The van der Waals surface area contributed by atoms with Crippen LogP contribution in [0, 0.1) is 5.92 Å². The van der Waals surface area contributed by atoms with Gasteiger partial charge in [0.1, 0.15) is 0 Å². The fraction of sp³-hybridized carbons (Fsp3) is 0.600. The molecule has 2 atom stereocenters. The molecule has 2 rings (SSSR count). The molecule has 3 nitrogen and oxygen atoms in total. The number of fused-ring (bicyclic) bond motifs is 1. The summed E-state index contributed by atoms with van der Waals surface area (Å²) in [4.78, 5) is 0. The van der Waals surface area contributed by atoms with Gasteiger partial charge in [-0.2, -0.15) is 0 Å². The monoisotopic (exact) mass is 248 g/mol. The van der Waals surface area contributed by atoms with E-state index in [2.05, 4.69) is 42.7 Å². The van der Waals surface area contributed by atoms with Crippen molar-refractivity contribution >= 4 is 5.69 Å². The van der Waals surface area contributed by atoms with Gasteiger partial charge in [-0.3, -0.25) is 0 Å². The van der Waals surface area contributed by atoms with Crippen LogP contribution in [-0.4, -0.2) is 29.8 Å². The smallest absolute Gasteiger partial charge is 0.0946 e. The average Bonchev–Trinajstić information content (AvgIpc) is 2.72. The molecule has 0 aromatic heterocycles. The van der Waals surface area contributed by atoms with Crippen molar-refractivity contribution in [2.24, 2.45) is 5.92 Å². The SMILES string of the molecule is CC(C)CNCC(C)(O)C1Cc2ccccc2N1. The molecule has 0 fully saturated rings. The molecule has 0 aliphatic carbocycles. The summed E-state index contributed by atoms with van der Waals surface area (Å²) in [5, 5.41) is 17.3. The molecule has 3 N–H and O–H groups in total. The standard InChI is InChI=1S/C15H24N2O/c1-11(2)9-16-10-15(3,18)14-8-12-6-4-5-7-13(12)17-14/h4-7,11,14,16-18H,8-10H2,1-3H3. The van der Waals surface area contributed by atoms with Crippen LogP contribution in [0.2, 0.25) is 0 Å². The Bertz CT molecular complexity index is 376. The Kier molecular flexibility index (Phi) is 3.93. The molecule has 1 aliphatic heterocycles. The van der Waals surface area contributed by atoms with Crippen LogP contribution < -0.4 is 10.6 Å². The Morgan fingerprint density at radius 1 is 1.44 bits per heavy atom. The second kappa shape index (κ2) is 5.29. The van der Waals surface area contributed by atoms with Gasteiger partial charge in [-0.15, -0.1) is 0 Å². The number of para-hydroxylation sites is 1. The lowest BCUT2D eigenvalue weighted by Gasteiger charge is -2.31. The van der Waals surface area contributed by atoms with Crippen molar-refractivity contribution in [2.45, 2.75) is 38.8 Å². The lowest BCUT2D eigenvalue weighted by Crippen LogP contribution is -2.51. The molecule has 0 spiro atoms. The van der Waals surface area contributed by atoms with Crippen LogP contribution in [0.4, 0.5) is 5.69 Å². The first-order chi connectivity index (χ1) is 8.49. The van der Waals surface area contributed by atoms with E-state index < -0.39 is 5.60 Å². The summed E-state index contributed by atoms with van der Waals surface area (Å²) < 4.78 is 0. The van der Waals surface area contributed by atoms with E-state index in [0.29, 0.717) is 12.5 Å². The van der Waals surface area contributed by atoms with Crippen LogP contribution in [0.5, 0.6) is 0 Å². The summed E-state index contributed by atoms with van der Waals surface area (Å²) in [6.45, 7) is 7.81. The molecule has 1 heterocycles. The molecule has 2 unspecified atom stereocenters. The van der Waals surface area contributed by atoms with Crippen molar-refractivity contribution in [3.63, 3.8) is 0 Å². The summed E-state index contributed by atoms with van der Waals surface area (Å²) in [5.41, 5.74) is 1.73. The fourth-order valence-electron chi connectivity index (χ4n) is 2.41. The number of anilines is 1. The quantitative estimate of drug-likeness (QED) is 0.747. The van der Waals surface area contributed by atoms with E-state index in [1.807, 2.05) is 13.0 Å². The molecule has 18 heavy (non-hydrogen) atoms. The van der Waals surface area contributed by atoms with Crippen molar-refractivity contribution in [3.05, 3.63) is 29.8 Å². The third-order valence-electron chi connectivity index (χ3n) is 3.56. The molecule has 1 aromatic carbocycles. The summed E-state index contributed by atoms with van der Waals surface area (Å²) in [6, 6.07) is 8.37. The van der Waals surface area contributed by atoms with Gasteiger partial charge in [0.2, 0.25) is 0 Å². The highest BCUT2D eigenvalue weighted by atomic mass is 16.3. The normalized spacial score (nSPS) is 21.5. The summed E-state index contributed by atoms with van der Waals surface area (Å²) >= 11 is 0. The molecule has 1 aliphatic rings. The average molecular weight is 248 g/mol. The Labute approximate surface area is 110 Å². The van der Waals surface area contributed by atoms with Gasteiger partial charge in [0, 0.05) is 12.2 Å². The Morgan fingerprint density at radius 3 is 2.83 bits per heavy atom. The molecule has 0 saturated carbocycles. The first kappa shape index (κ1) is 13.4. The maximum atomic E-state index is 10.6. The molecular formula is C15H24N2O. The van der Waals surface area contributed by atoms with Crippen molar-refractivity contribution in [3.8, 4) is 0 Å². The van der Waals surface area contributed by atoms with E-state index in [1.165, 1.54) is 5.56 Å². The number of nitrogens with one attached hydrogen (secondary N) is 2. The minimum absolute atomic E-state index is 0.0922. The summed E-state index contributed by atoms with van der Waals surface area (Å²) in [5.74, 6) is 0.606. The number of hydrogen-bond donors (Lipinski definition) is 3. The second-order valence-corrected chi connectivity index (χ2v) is 5.94. The van der Waals surface area contributed by atoms with E-state index in [4.69, 9.17) is 0 Å². The Balaban J connectivity index is 1.93. The zero-order valence-corrected chi connectivity index (χ0v) is 11.5. The first-order valence-electron chi connectivity index (χ1n) is 6.76. The third-order valence-corrected chi connectivity index (χ3v) is 3.56. The molecule has 100 valence electrons. The minimum atomic E-state index is -0.728. The summed E-state index contributed by atoms with van der Waals surface area (Å²) in [6.07, 6.45) is 0.895. The van der Waals surface area contributed by atoms with Gasteiger partial charge in [0.05, 0.1) is 11.6 Å². The van der Waals surface area contributed by atoms with Gasteiger partial charge in [0.25, 0.3) is 0 Å². The largest absolute Gasteiger partial charge is 0.387 e. The van der Waals surface area contributed by atoms with Crippen LogP contribution in [-0.2, 0) is 6.42 Å². The molecular weight excluding hydrogens is 224 g/mol. The first-order valence-corrected chi connectivity index (χ1v) is 6.76. The highest BCUT2D eigenvalue weighted by Crippen LogP contribution is 2.30. The Morgan fingerprint density at radius 2 is 2.17 bits per heavy atom. The van der Waals surface area contributed by atoms with E-state index in [0.717, 1.165) is 18.7 Å². The maximum absolute atomic E-state index is 10.6. The van der Waals surface area contributed by atoms with E-state index in [-0.39, 0.29) is 6.04 Å². The number of aliphatic hydroxyl groups is 1. The molecule has 0 radical (unpaired) electrons. The molecule has 1 aromatic rings. The second-order valence-electron chi connectivity index (χ2n) is 5.94. The van der Waals surface area contributed by atoms with Crippen molar-refractivity contribution in [1.29, 1.82) is 0 Å². The predicted molar refractivity (Wildman–Crippen MR) is 75.9 cm³/mol. The molecule has 3 heteroatoms. The molecule has 0 saturated heterocycles. The highest BCUT2D eigenvalue weighted by Gasteiger charge is 2.35. The van der Waals surface area contributed by atoms with Gasteiger partial charge in [-0.1, -0.05) is 32.0 Å². The Hall–Kier alpha value is -1.06. The highest BCUT2D eigenvalue weighted by molar-refractivity contribution is 5.57. The van der Waals surface area contributed by atoms with Crippen molar-refractivity contribution in [2.75, 3.05) is 18.4 Å². The lowest BCUT2D eigenvalue weighted by molar-refractivity contribution is 0.0412. The number of rotatable bonds is 5. The zero-order chi connectivity index (χ0) is 13.2. The topological polar surface area (TPSA) is 44.3 Å². The fourth-order valence-corrected chi connectivity index (χ4v) is 2.41. The van der Waals surface area contributed by atoms with Crippen molar-refractivity contribution in [1.82, 2.24) is 5.32 Å². The van der Waals surface area contributed by atoms with E-state index in [9.17, 15) is 5.11 Å². The zero-order valence-electron chi connectivity index (χ0n) is 11.5. The van der Waals surface area contributed by atoms with E-state index in [1.54, 1.807) is 0 Å². The minimum Gasteiger partial charge on any atom is -0.387 e. The number of benzene rings is 1. The van der Waals surface area contributed by atoms with Crippen LogP contribution in [0.15, 0.2) is 24.3 Å². The lowest BCUT2D eigenvalue weighted by atomic mass is 9.93. The van der Waals surface area contributed by atoms with Crippen LogP contribution in [0.25, 0.3) is 0 Å². The van der Waals surface area contributed by atoms with Crippen LogP contribution >= 0.6 is 0 Å². The van der Waals surface area contributed by atoms with Gasteiger partial charge >= 0.3 is 0 Å². The van der Waals surface area contributed by atoms with Gasteiger partial charge in [-0.05, 0) is 37.4 Å². The summed E-state index contributed by atoms with van der Waals surface area (Å²) in [7, 11) is 0. The molecule has 0 amide bonds. The van der Waals surface area contributed by atoms with E-state index >= 15 is 0 Å². The van der Waals surface area contributed by atoms with Crippen molar-refractivity contribution < 1.29 is 5.11 Å². The van der Waals surface area contributed by atoms with Crippen LogP contribution in [0.1, 0.15) is 26.3 Å². The maximum Gasteiger partial charge on any atom is 0.0946 e. The van der Waals surface area contributed by atoms with Crippen LogP contribution in [0.3, 0.4) is 0 Å². The predicted octanol–water partition coefficient (Wildman–Crippen LogP) is 2.02. The number of hydrogen-bond acceptors (Lipinski definition) is 3. The van der Waals surface area contributed by atoms with Gasteiger partial charge < -0.3 is 15.7 Å². The third kappa shape index (κ3) is 3.03.